The van der Waals surface area contributed by atoms with Crippen molar-refractivity contribution in [2.75, 3.05) is 13.2 Å². The molecule has 7 heteroatoms. The van der Waals surface area contributed by atoms with Gasteiger partial charge in [-0.15, -0.1) is 0 Å². The molecule has 0 saturated heterocycles. The number of aliphatic hydroxyl groups is 1. The molecular weight excluding hydrogens is 376 g/mol. The molecule has 0 radical (unpaired) electrons. The van der Waals surface area contributed by atoms with Crippen molar-refractivity contribution < 1.29 is 34.1 Å². The third-order valence-electron chi connectivity index (χ3n) is 5.19. The summed E-state index contributed by atoms with van der Waals surface area (Å²) in [6.07, 6.45) is 8.18. The third-order valence-corrected chi connectivity index (χ3v) is 5.19. The summed E-state index contributed by atoms with van der Waals surface area (Å²) < 4.78 is 9.96. The van der Waals surface area contributed by atoms with Gasteiger partial charge in [0.25, 0.3) is 0 Å². The Morgan fingerprint density at radius 2 is 1.38 bits per heavy atom. The van der Waals surface area contributed by atoms with E-state index in [1.54, 1.807) is 13.8 Å². The summed E-state index contributed by atoms with van der Waals surface area (Å²) in [6.45, 7) is 6.81. The third kappa shape index (κ3) is 12.5. The highest BCUT2D eigenvalue weighted by molar-refractivity contribution is 5.93. The molecule has 29 heavy (non-hydrogen) atoms. The van der Waals surface area contributed by atoms with Crippen LogP contribution in [0, 0.1) is 11.3 Å². The molecule has 0 aromatic carbocycles. The van der Waals surface area contributed by atoms with Crippen molar-refractivity contribution in [3.8, 4) is 0 Å². The average molecular weight is 417 g/mol. The van der Waals surface area contributed by atoms with E-state index in [1.165, 1.54) is 25.7 Å². The quantitative estimate of drug-likeness (QED) is 0.209. The minimum absolute atomic E-state index is 0.221. The first-order valence-electron chi connectivity index (χ1n) is 10.9. The molecule has 0 aromatic heterocycles. The van der Waals surface area contributed by atoms with Crippen molar-refractivity contribution in [2.24, 2.45) is 11.3 Å². The predicted octanol–water partition coefficient (Wildman–Crippen LogP) is 4.10. The maximum Gasteiger partial charge on any atom is 0.320 e. The van der Waals surface area contributed by atoms with Crippen molar-refractivity contribution in [1.29, 1.82) is 0 Å². The minimum Gasteiger partial charge on any atom is -0.481 e. The van der Waals surface area contributed by atoms with E-state index in [9.17, 15) is 24.6 Å². The van der Waals surface area contributed by atoms with E-state index in [1.807, 2.05) is 6.92 Å². The number of carboxylic acid groups (broad SMARTS) is 1. The molecule has 0 aliphatic carbocycles. The Kier molecular flexibility index (Phi) is 14.4. The molecule has 2 unspecified atom stereocenters. The van der Waals surface area contributed by atoms with Crippen LogP contribution in [-0.2, 0) is 23.9 Å². The summed E-state index contributed by atoms with van der Waals surface area (Å²) in [7, 11) is 0. The van der Waals surface area contributed by atoms with Crippen LogP contribution in [0.5, 0.6) is 0 Å². The van der Waals surface area contributed by atoms with Gasteiger partial charge < -0.3 is 19.7 Å². The first kappa shape index (κ1) is 27.4. The maximum atomic E-state index is 12.0. The molecule has 0 rings (SSSR count). The van der Waals surface area contributed by atoms with E-state index in [0.29, 0.717) is 12.8 Å². The molecule has 0 fully saturated rings. The molecule has 170 valence electrons. The Morgan fingerprint density at radius 3 is 1.90 bits per heavy atom. The number of aliphatic hydroxyl groups excluding tert-OH is 1. The standard InChI is InChI=1S/C22H40O7/c1-5-7-8-9-10-11-12-13-14-18(19(24)25)20(26)28-15-17(23)16-29-21(27)22(3,4)6-2/h17-18,23H,5-16H2,1-4H3,(H,24,25). The van der Waals surface area contributed by atoms with Crippen molar-refractivity contribution in [1.82, 2.24) is 0 Å². The Labute approximate surface area is 175 Å². The SMILES string of the molecule is CCCCCCCCCCC(C(=O)O)C(=O)OCC(O)COC(=O)C(C)(C)CC. The van der Waals surface area contributed by atoms with Crippen LogP contribution in [0.4, 0.5) is 0 Å². The number of unbranched alkanes of at least 4 members (excludes halogenated alkanes) is 7. The Balaban J connectivity index is 4.14. The van der Waals surface area contributed by atoms with Crippen LogP contribution >= 0.6 is 0 Å². The van der Waals surface area contributed by atoms with Crippen molar-refractivity contribution >= 4 is 17.9 Å². The molecule has 2 atom stereocenters. The van der Waals surface area contributed by atoms with Gasteiger partial charge in [-0.25, -0.2) is 0 Å². The number of rotatable bonds is 17. The molecular formula is C22H40O7. The number of carboxylic acids is 1. The fraction of sp³-hybridized carbons (Fsp3) is 0.864. The number of hydrogen-bond donors (Lipinski definition) is 2. The number of aliphatic carboxylic acids is 1. The smallest absolute Gasteiger partial charge is 0.320 e. The molecule has 0 aliphatic rings. The molecule has 0 heterocycles. The van der Waals surface area contributed by atoms with E-state index in [0.717, 1.165) is 19.3 Å². The topological polar surface area (TPSA) is 110 Å². The zero-order valence-electron chi connectivity index (χ0n) is 18.6. The van der Waals surface area contributed by atoms with E-state index < -0.39 is 42.0 Å². The molecule has 0 aliphatic heterocycles. The lowest BCUT2D eigenvalue weighted by Gasteiger charge is -2.21. The molecule has 0 aromatic rings. The zero-order valence-corrected chi connectivity index (χ0v) is 18.6. The van der Waals surface area contributed by atoms with E-state index in [2.05, 4.69) is 6.92 Å². The minimum atomic E-state index is -1.23. The largest absolute Gasteiger partial charge is 0.481 e. The van der Waals surface area contributed by atoms with Crippen molar-refractivity contribution in [3.05, 3.63) is 0 Å². The first-order chi connectivity index (χ1) is 13.7. The Bertz CT molecular complexity index is 488. The summed E-state index contributed by atoms with van der Waals surface area (Å²) in [5, 5.41) is 19.1. The molecule has 7 nitrogen and oxygen atoms in total. The lowest BCUT2D eigenvalue weighted by atomic mass is 9.91. The second kappa shape index (κ2) is 15.2. The van der Waals surface area contributed by atoms with Gasteiger partial charge in [0.15, 0.2) is 5.92 Å². The second-order valence-corrected chi connectivity index (χ2v) is 8.27. The highest BCUT2D eigenvalue weighted by Crippen LogP contribution is 2.21. The predicted molar refractivity (Wildman–Crippen MR) is 110 cm³/mol. The van der Waals surface area contributed by atoms with Crippen LogP contribution in [0.3, 0.4) is 0 Å². The number of hydrogen-bond acceptors (Lipinski definition) is 6. The lowest BCUT2D eigenvalue weighted by Crippen LogP contribution is -2.33. The summed E-state index contributed by atoms with van der Waals surface area (Å²) in [5.74, 6) is -3.75. The monoisotopic (exact) mass is 416 g/mol. The molecule has 0 bridgehead atoms. The number of carbonyl (C=O) groups excluding carboxylic acids is 2. The van der Waals surface area contributed by atoms with Crippen LogP contribution in [0.15, 0.2) is 0 Å². The summed E-state index contributed by atoms with van der Waals surface area (Å²) >= 11 is 0. The zero-order chi connectivity index (χ0) is 22.3. The van der Waals surface area contributed by atoms with E-state index >= 15 is 0 Å². The van der Waals surface area contributed by atoms with Crippen LogP contribution in [0.2, 0.25) is 0 Å². The number of carbonyl (C=O) groups is 3. The van der Waals surface area contributed by atoms with Crippen molar-refractivity contribution in [2.45, 2.75) is 98.0 Å². The number of esters is 2. The van der Waals surface area contributed by atoms with Crippen LogP contribution < -0.4 is 0 Å². The van der Waals surface area contributed by atoms with Crippen LogP contribution in [0.1, 0.15) is 91.9 Å². The van der Waals surface area contributed by atoms with Gasteiger partial charge in [0.05, 0.1) is 5.41 Å². The van der Waals surface area contributed by atoms with Gasteiger partial charge in [-0.3, -0.25) is 14.4 Å². The van der Waals surface area contributed by atoms with Gasteiger partial charge in [-0.05, 0) is 26.7 Å². The number of ether oxygens (including phenoxy) is 2. The maximum absolute atomic E-state index is 12.0. The van der Waals surface area contributed by atoms with E-state index in [4.69, 9.17) is 9.47 Å². The normalized spacial score (nSPS) is 13.6. The van der Waals surface area contributed by atoms with Crippen LogP contribution in [-0.4, -0.2) is 47.4 Å². The average Bonchev–Trinajstić information content (AvgIpc) is 2.68. The van der Waals surface area contributed by atoms with Crippen molar-refractivity contribution in [3.63, 3.8) is 0 Å². The van der Waals surface area contributed by atoms with Gasteiger partial charge >= 0.3 is 17.9 Å². The molecule has 0 saturated carbocycles. The molecule has 0 spiro atoms. The van der Waals surface area contributed by atoms with Gasteiger partial charge in [-0.2, -0.15) is 0 Å². The van der Waals surface area contributed by atoms with Crippen LogP contribution in [0.25, 0.3) is 0 Å². The lowest BCUT2D eigenvalue weighted by molar-refractivity contribution is -0.164. The summed E-state index contributed by atoms with van der Waals surface area (Å²) in [5.41, 5.74) is -0.652. The molecule has 0 amide bonds. The highest BCUT2D eigenvalue weighted by atomic mass is 16.6. The summed E-state index contributed by atoms with van der Waals surface area (Å²) in [6, 6.07) is 0. The molecule has 2 N–H and O–H groups in total. The highest BCUT2D eigenvalue weighted by Gasteiger charge is 2.29. The van der Waals surface area contributed by atoms with Gasteiger partial charge in [0.2, 0.25) is 0 Å². The summed E-state index contributed by atoms with van der Waals surface area (Å²) in [4.78, 5) is 35.3. The van der Waals surface area contributed by atoms with Gasteiger partial charge in [-0.1, -0.05) is 65.2 Å². The fourth-order valence-electron chi connectivity index (χ4n) is 2.66. The second-order valence-electron chi connectivity index (χ2n) is 8.27. The van der Waals surface area contributed by atoms with E-state index in [-0.39, 0.29) is 13.0 Å². The fourth-order valence-corrected chi connectivity index (χ4v) is 2.66. The van der Waals surface area contributed by atoms with Gasteiger partial charge in [0, 0.05) is 0 Å². The Morgan fingerprint density at radius 1 is 0.862 bits per heavy atom. The Hall–Kier alpha value is -1.63. The van der Waals surface area contributed by atoms with Gasteiger partial charge in [0.1, 0.15) is 19.3 Å². The first-order valence-corrected chi connectivity index (χ1v) is 10.9.